The number of anilines is 2. The Morgan fingerprint density at radius 3 is 2.79 bits per heavy atom. The molecule has 4 rings (SSSR count). The first-order valence-electron chi connectivity index (χ1n) is 9.13. The van der Waals surface area contributed by atoms with E-state index in [1.807, 2.05) is 12.1 Å². The topological polar surface area (TPSA) is 78.7 Å². The van der Waals surface area contributed by atoms with Gasteiger partial charge in [-0.3, -0.25) is 4.79 Å². The number of carbonyl (C=O) groups is 1. The molecule has 8 nitrogen and oxygen atoms in total. The summed E-state index contributed by atoms with van der Waals surface area (Å²) in [5.41, 5.74) is 1.50. The maximum absolute atomic E-state index is 13.0. The van der Waals surface area contributed by atoms with Crippen LogP contribution in [0.25, 0.3) is 5.65 Å². The Hall–Kier alpha value is -3.07. The van der Waals surface area contributed by atoms with Gasteiger partial charge in [0.05, 0.1) is 11.9 Å². The molecule has 0 bridgehead atoms. The summed E-state index contributed by atoms with van der Waals surface area (Å²) in [6, 6.07) is 6.94. The fraction of sp³-hybridized carbons (Fsp3) is 0.368. The number of rotatable bonds is 4. The Bertz CT molecular complexity index is 1020. The van der Waals surface area contributed by atoms with Crippen molar-refractivity contribution in [3.8, 4) is 0 Å². The lowest BCUT2D eigenvalue weighted by atomic mass is 10.2. The Morgan fingerprint density at radius 1 is 1.29 bits per heavy atom. The zero-order valence-electron chi connectivity index (χ0n) is 16.1. The van der Waals surface area contributed by atoms with Crippen LogP contribution in [-0.4, -0.2) is 63.6 Å². The van der Waals surface area contributed by atoms with Crippen LogP contribution in [-0.2, 0) is 0 Å². The third kappa shape index (κ3) is 3.40. The van der Waals surface area contributed by atoms with Crippen molar-refractivity contribution in [1.29, 1.82) is 0 Å². The lowest BCUT2D eigenvalue weighted by Gasteiger charge is -2.21. The van der Waals surface area contributed by atoms with Crippen molar-refractivity contribution in [2.45, 2.75) is 19.4 Å². The molecule has 1 amide bonds. The summed E-state index contributed by atoms with van der Waals surface area (Å²) in [6.07, 6.45) is 2.13. The second kappa shape index (κ2) is 7.16. The van der Waals surface area contributed by atoms with Crippen molar-refractivity contribution >= 4 is 23.2 Å². The van der Waals surface area contributed by atoms with Gasteiger partial charge in [0.2, 0.25) is 0 Å². The molecule has 9 heteroatoms. The van der Waals surface area contributed by atoms with Crippen LogP contribution in [0.15, 0.2) is 30.5 Å². The van der Waals surface area contributed by atoms with E-state index in [0.717, 1.165) is 31.5 Å². The molecule has 0 spiro atoms. The molecule has 0 aliphatic carbocycles. The van der Waals surface area contributed by atoms with Crippen LogP contribution in [0.4, 0.5) is 16.0 Å². The van der Waals surface area contributed by atoms with Crippen LogP contribution in [0.5, 0.6) is 0 Å². The highest BCUT2D eigenvalue weighted by molar-refractivity contribution is 6.03. The minimum absolute atomic E-state index is 0.269. The lowest BCUT2D eigenvalue weighted by molar-refractivity contribution is 0.101. The van der Waals surface area contributed by atoms with Crippen molar-refractivity contribution in [3.63, 3.8) is 0 Å². The Kier molecular flexibility index (Phi) is 4.68. The molecule has 0 aromatic carbocycles. The predicted molar refractivity (Wildman–Crippen MR) is 104 cm³/mol. The van der Waals surface area contributed by atoms with Gasteiger partial charge >= 0.3 is 0 Å². The van der Waals surface area contributed by atoms with E-state index in [9.17, 15) is 9.18 Å². The molecule has 0 saturated carbocycles. The maximum atomic E-state index is 13.0. The van der Waals surface area contributed by atoms with Crippen molar-refractivity contribution < 1.29 is 9.18 Å². The number of aryl methyl sites for hydroxylation is 1. The molecule has 146 valence electrons. The average Bonchev–Trinajstić information content (AvgIpc) is 3.27. The standard InChI is InChI=1S/C19H22FN7O/c1-12-18(19(28)23-15-5-4-13(20)10-21-15)27-16(22-12)6-7-17(24-27)26-9-8-14(11-26)25(2)3/h4-7,10,14H,8-9,11H2,1-3H3,(H,21,23,28)/t14-/m0/s1. The van der Waals surface area contributed by atoms with E-state index in [2.05, 4.69) is 44.3 Å². The number of amides is 1. The van der Waals surface area contributed by atoms with Crippen LogP contribution >= 0.6 is 0 Å². The highest BCUT2D eigenvalue weighted by Crippen LogP contribution is 2.22. The minimum Gasteiger partial charge on any atom is -0.354 e. The van der Waals surface area contributed by atoms with Gasteiger partial charge in [0.15, 0.2) is 11.3 Å². The van der Waals surface area contributed by atoms with Gasteiger partial charge in [-0.05, 0) is 51.7 Å². The van der Waals surface area contributed by atoms with E-state index in [1.54, 1.807) is 11.4 Å². The van der Waals surface area contributed by atoms with E-state index in [0.29, 0.717) is 23.1 Å². The van der Waals surface area contributed by atoms with Crippen LogP contribution in [0.2, 0.25) is 0 Å². The van der Waals surface area contributed by atoms with Crippen LogP contribution in [0.3, 0.4) is 0 Å². The first-order chi connectivity index (χ1) is 13.4. The number of aromatic nitrogens is 4. The van der Waals surface area contributed by atoms with Gasteiger partial charge in [-0.15, -0.1) is 5.10 Å². The molecule has 1 saturated heterocycles. The fourth-order valence-electron chi connectivity index (χ4n) is 3.46. The van der Waals surface area contributed by atoms with E-state index in [4.69, 9.17) is 0 Å². The van der Waals surface area contributed by atoms with Crippen LogP contribution in [0, 0.1) is 12.7 Å². The lowest BCUT2D eigenvalue weighted by Crippen LogP contribution is -2.32. The quantitative estimate of drug-likeness (QED) is 0.742. The zero-order valence-corrected chi connectivity index (χ0v) is 16.1. The number of carbonyl (C=O) groups excluding carboxylic acids is 1. The van der Waals surface area contributed by atoms with Gasteiger partial charge in [0.25, 0.3) is 5.91 Å². The number of halogens is 1. The number of fused-ring (bicyclic) bond motifs is 1. The molecule has 3 aromatic rings. The van der Waals surface area contributed by atoms with Crippen LogP contribution in [0.1, 0.15) is 22.6 Å². The normalized spacial score (nSPS) is 16.9. The zero-order chi connectivity index (χ0) is 19.8. The molecular weight excluding hydrogens is 361 g/mol. The second-order valence-electron chi connectivity index (χ2n) is 7.18. The van der Waals surface area contributed by atoms with E-state index >= 15 is 0 Å². The summed E-state index contributed by atoms with van der Waals surface area (Å²) in [7, 11) is 4.16. The van der Waals surface area contributed by atoms with Crippen molar-refractivity contribution in [2.75, 3.05) is 37.4 Å². The van der Waals surface area contributed by atoms with Gasteiger partial charge in [0, 0.05) is 19.1 Å². The summed E-state index contributed by atoms with van der Waals surface area (Å²) < 4.78 is 14.6. The first kappa shape index (κ1) is 18.3. The first-order valence-corrected chi connectivity index (χ1v) is 9.13. The average molecular weight is 383 g/mol. The molecule has 0 radical (unpaired) electrons. The van der Waals surface area contributed by atoms with Gasteiger partial charge in [-0.25, -0.2) is 18.9 Å². The van der Waals surface area contributed by atoms with E-state index < -0.39 is 5.82 Å². The summed E-state index contributed by atoms with van der Waals surface area (Å²) >= 11 is 0. The maximum Gasteiger partial charge on any atom is 0.277 e. The number of likely N-dealkylation sites (N-methyl/N-ethyl adjacent to an activating group) is 1. The summed E-state index contributed by atoms with van der Waals surface area (Å²) in [4.78, 5) is 25.5. The van der Waals surface area contributed by atoms with Crippen molar-refractivity contribution in [1.82, 2.24) is 24.5 Å². The van der Waals surface area contributed by atoms with Gasteiger partial charge in [0.1, 0.15) is 17.5 Å². The SMILES string of the molecule is Cc1nc2ccc(N3CC[C@H](N(C)C)C3)nn2c1C(=O)Nc1ccc(F)cn1. The molecule has 4 heterocycles. The number of nitrogens with one attached hydrogen (secondary N) is 1. The summed E-state index contributed by atoms with van der Waals surface area (Å²) in [6.45, 7) is 3.57. The van der Waals surface area contributed by atoms with Crippen molar-refractivity contribution in [3.05, 3.63) is 47.7 Å². The van der Waals surface area contributed by atoms with Gasteiger partial charge < -0.3 is 15.1 Å². The van der Waals surface area contributed by atoms with E-state index in [-0.39, 0.29) is 11.7 Å². The molecule has 3 aromatic heterocycles. The smallest absolute Gasteiger partial charge is 0.277 e. The predicted octanol–water partition coefficient (Wildman–Crippen LogP) is 1.96. The Morgan fingerprint density at radius 2 is 2.11 bits per heavy atom. The molecule has 1 aliphatic heterocycles. The Balaban J connectivity index is 1.64. The summed E-state index contributed by atoms with van der Waals surface area (Å²) in [5.74, 6) is 0.228. The van der Waals surface area contributed by atoms with Gasteiger partial charge in [-0.1, -0.05) is 0 Å². The molecule has 28 heavy (non-hydrogen) atoms. The summed E-state index contributed by atoms with van der Waals surface area (Å²) in [5, 5.41) is 7.35. The number of hydrogen-bond donors (Lipinski definition) is 1. The number of nitrogens with zero attached hydrogens (tertiary/aromatic N) is 6. The molecule has 1 aliphatic rings. The number of imidazole rings is 1. The highest BCUT2D eigenvalue weighted by atomic mass is 19.1. The van der Waals surface area contributed by atoms with Gasteiger partial charge in [-0.2, -0.15) is 0 Å². The highest BCUT2D eigenvalue weighted by Gasteiger charge is 2.26. The molecule has 1 fully saturated rings. The molecular formula is C19H22FN7O. The van der Waals surface area contributed by atoms with Crippen molar-refractivity contribution in [2.24, 2.45) is 0 Å². The third-order valence-corrected chi connectivity index (χ3v) is 5.04. The monoisotopic (exact) mass is 383 g/mol. The minimum atomic E-state index is -0.461. The third-order valence-electron chi connectivity index (χ3n) is 5.04. The molecule has 1 atom stereocenters. The number of hydrogen-bond acceptors (Lipinski definition) is 6. The van der Waals surface area contributed by atoms with E-state index in [1.165, 1.54) is 12.1 Å². The number of pyridine rings is 1. The second-order valence-corrected chi connectivity index (χ2v) is 7.18. The van der Waals surface area contributed by atoms with Crippen LogP contribution < -0.4 is 10.2 Å². The molecule has 0 unspecified atom stereocenters. The Labute approximate surface area is 162 Å². The molecule has 1 N–H and O–H groups in total. The fourth-order valence-corrected chi connectivity index (χ4v) is 3.46. The largest absolute Gasteiger partial charge is 0.354 e.